The van der Waals surface area contributed by atoms with Crippen molar-refractivity contribution in [1.82, 2.24) is 4.98 Å². The van der Waals surface area contributed by atoms with Crippen LogP contribution in [0.1, 0.15) is 53.8 Å². The molecule has 1 aliphatic carbocycles. The number of nitrogens with zero attached hydrogens (tertiary/aromatic N) is 1. The minimum Gasteiger partial charge on any atom is -0.480 e. The lowest BCUT2D eigenvalue weighted by Gasteiger charge is -2.35. The fourth-order valence-electron chi connectivity index (χ4n) is 3.04. The zero-order chi connectivity index (χ0) is 15.6. The van der Waals surface area contributed by atoms with Crippen LogP contribution in [0.5, 0.6) is 0 Å². The zero-order valence-electron chi connectivity index (χ0n) is 12.4. The van der Waals surface area contributed by atoms with E-state index in [9.17, 15) is 14.7 Å². The number of aromatic nitrogens is 1. The highest BCUT2D eigenvalue weighted by atomic mass is 16.4. The van der Waals surface area contributed by atoms with Crippen LogP contribution in [0.3, 0.4) is 0 Å². The largest absolute Gasteiger partial charge is 0.480 e. The Kier molecular flexibility index (Phi) is 4.16. The van der Waals surface area contributed by atoms with Crippen LogP contribution in [-0.4, -0.2) is 27.5 Å². The van der Waals surface area contributed by atoms with Gasteiger partial charge in [0.25, 0.3) is 5.91 Å². The fraction of sp³-hybridized carbons (Fsp3) is 0.533. The number of pyridine rings is 1. The van der Waals surface area contributed by atoms with Crippen molar-refractivity contribution in [2.24, 2.45) is 5.73 Å². The van der Waals surface area contributed by atoms with Crippen LogP contribution in [0.15, 0.2) is 6.07 Å². The van der Waals surface area contributed by atoms with E-state index in [2.05, 4.69) is 10.3 Å². The molecule has 6 heteroatoms. The number of aryl methyl sites for hydroxylation is 2. The molecular formula is C15H21N3O3. The third-order valence-corrected chi connectivity index (χ3v) is 4.07. The van der Waals surface area contributed by atoms with Crippen molar-refractivity contribution in [3.8, 4) is 0 Å². The number of hydrogen-bond donors (Lipinski definition) is 3. The van der Waals surface area contributed by atoms with Crippen LogP contribution in [0.4, 0.5) is 5.69 Å². The highest BCUT2D eigenvalue weighted by Crippen LogP contribution is 2.33. The summed E-state index contributed by atoms with van der Waals surface area (Å²) < 4.78 is 0. The number of carboxylic acids is 1. The Morgan fingerprint density at radius 1 is 1.29 bits per heavy atom. The Morgan fingerprint density at radius 2 is 1.90 bits per heavy atom. The van der Waals surface area contributed by atoms with Gasteiger partial charge in [-0.3, -0.25) is 9.78 Å². The van der Waals surface area contributed by atoms with E-state index in [4.69, 9.17) is 5.73 Å². The van der Waals surface area contributed by atoms with E-state index in [0.29, 0.717) is 24.2 Å². The van der Waals surface area contributed by atoms with Crippen LogP contribution in [-0.2, 0) is 4.79 Å². The number of carbonyl (C=O) groups is 2. The van der Waals surface area contributed by atoms with Gasteiger partial charge in [0.2, 0.25) is 0 Å². The second kappa shape index (κ2) is 5.71. The normalized spacial score (nSPS) is 17.2. The lowest BCUT2D eigenvalue weighted by atomic mass is 9.81. The minimum atomic E-state index is -1.03. The van der Waals surface area contributed by atoms with E-state index in [1.54, 1.807) is 19.9 Å². The standard InChI is InChI=1S/C15H21N3O3/c1-9-8-11(12(13(16)19)10(2)17-9)18-15(14(20)21)6-4-3-5-7-15/h8H,3-7H2,1-2H3,(H2,16,19)(H,17,18)(H,20,21). The number of aliphatic carboxylic acids is 1. The SMILES string of the molecule is Cc1cc(NC2(C(=O)O)CCCCC2)c(C(N)=O)c(C)n1. The molecule has 0 unspecified atom stereocenters. The first-order valence-corrected chi connectivity index (χ1v) is 7.15. The zero-order valence-corrected chi connectivity index (χ0v) is 12.4. The summed E-state index contributed by atoms with van der Waals surface area (Å²) in [6.45, 7) is 3.50. The number of nitrogens with one attached hydrogen (secondary N) is 1. The highest BCUT2D eigenvalue weighted by Gasteiger charge is 2.40. The topological polar surface area (TPSA) is 105 Å². The molecule has 6 nitrogen and oxygen atoms in total. The fourth-order valence-corrected chi connectivity index (χ4v) is 3.04. The minimum absolute atomic E-state index is 0.270. The molecule has 1 aliphatic rings. The quantitative estimate of drug-likeness (QED) is 0.786. The Labute approximate surface area is 123 Å². The number of anilines is 1. The van der Waals surface area contributed by atoms with Crippen LogP contribution in [0.25, 0.3) is 0 Å². The molecule has 0 radical (unpaired) electrons. The molecule has 0 aromatic carbocycles. The van der Waals surface area contributed by atoms with Gasteiger partial charge in [-0.25, -0.2) is 4.79 Å². The first-order chi connectivity index (χ1) is 9.85. The molecule has 21 heavy (non-hydrogen) atoms. The molecule has 114 valence electrons. The van der Waals surface area contributed by atoms with Gasteiger partial charge >= 0.3 is 5.97 Å². The summed E-state index contributed by atoms with van der Waals surface area (Å²) in [6, 6.07) is 1.69. The number of hydrogen-bond acceptors (Lipinski definition) is 4. The van der Waals surface area contributed by atoms with E-state index >= 15 is 0 Å². The van der Waals surface area contributed by atoms with Crippen molar-refractivity contribution in [3.05, 3.63) is 23.0 Å². The molecule has 0 spiro atoms. The van der Waals surface area contributed by atoms with Gasteiger partial charge in [0.1, 0.15) is 5.54 Å². The van der Waals surface area contributed by atoms with Crippen LogP contribution in [0, 0.1) is 13.8 Å². The number of primary amides is 1. The maximum Gasteiger partial charge on any atom is 0.329 e. The van der Waals surface area contributed by atoms with Gasteiger partial charge in [0.15, 0.2) is 0 Å². The molecule has 0 atom stereocenters. The summed E-state index contributed by atoms with van der Waals surface area (Å²) in [6.07, 6.45) is 3.83. The van der Waals surface area contributed by atoms with Gasteiger partial charge in [-0.1, -0.05) is 19.3 Å². The number of carbonyl (C=O) groups excluding carboxylic acids is 1. The summed E-state index contributed by atoms with van der Waals surface area (Å²) in [5.41, 5.74) is 6.37. The molecule has 1 amide bonds. The summed E-state index contributed by atoms with van der Waals surface area (Å²) in [5.74, 6) is -1.48. The molecular weight excluding hydrogens is 270 g/mol. The Morgan fingerprint density at radius 3 is 2.43 bits per heavy atom. The van der Waals surface area contributed by atoms with Crippen molar-refractivity contribution in [2.45, 2.75) is 51.5 Å². The third kappa shape index (κ3) is 2.99. The molecule has 0 saturated heterocycles. The van der Waals surface area contributed by atoms with Gasteiger partial charge in [0, 0.05) is 5.69 Å². The summed E-state index contributed by atoms with van der Waals surface area (Å²) in [7, 11) is 0. The molecule has 1 aromatic rings. The highest BCUT2D eigenvalue weighted by molar-refractivity contribution is 6.00. The third-order valence-electron chi connectivity index (χ3n) is 4.07. The lowest BCUT2D eigenvalue weighted by Crippen LogP contribution is -2.48. The van der Waals surface area contributed by atoms with Gasteiger partial charge in [-0.05, 0) is 32.8 Å². The van der Waals surface area contributed by atoms with E-state index in [1.807, 2.05) is 0 Å². The second-order valence-electron chi connectivity index (χ2n) is 5.71. The molecule has 1 saturated carbocycles. The van der Waals surface area contributed by atoms with Crippen LogP contribution >= 0.6 is 0 Å². The first-order valence-electron chi connectivity index (χ1n) is 7.15. The van der Waals surface area contributed by atoms with Gasteiger partial charge in [-0.2, -0.15) is 0 Å². The van der Waals surface area contributed by atoms with Crippen molar-refractivity contribution in [2.75, 3.05) is 5.32 Å². The van der Waals surface area contributed by atoms with Crippen molar-refractivity contribution < 1.29 is 14.7 Å². The van der Waals surface area contributed by atoms with Crippen molar-refractivity contribution in [1.29, 1.82) is 0 Å². The Balaban J connectivity index is 2.46. The smallest absolute Gasteiger partial charge is 0.329 e. The van der Waals surface area contributed by atoms with E-state index in [1.165, 1.54) is 0 Å². The molecule has 1 aromatic heterocycles. The predicted octanol–water partition coefficient (Wildman–Crippen LogP) is 2.00. The average molecular weight is 291 g/mol. The lowest BCUT2D eigenvalue weighted by molar-refractivity contribution is -0.143. The first kappa shape index (κ1) is 15.3. The summed E-state index contributed by atoms with van der Waals surface area (Å²) >= 11 is 0. The average Bonchev–Trinajstić information content (AvgIpc) is 2.38. The van der Waals surface area contributed by atoms with Gasteiger partial charge in [0.05, 0.1) is 16.9 Å². The molecule has 4 N–H and O–H groups in total. The Bertz CT molecular complexity index is 578. The van der Waals surface area contributed by atoms with E-state index in [0.717, 1.165) is 25.0 Å². The predicted molar refractivity (Wildman–Crippen MR) is 79.3 cm³/mol. The molecule has 1 heterocycles. The van der Waals surface area contributed by atoms with Gasteiger partial charge < -0.3 is 16.2 Å². The number of rotatable bonds is 4. The molecule has 0 bridgehead atoms. The maximum atomic E-state index is 11.7. The number of amides is 1. The maximum absolute atomic E-state index is 11.7. The number of carboxylic acid groups (broad SMARTS) is 1. The molecule has 0 aliphatic heterocycles. The number of nitrogens with two attached hydrogens (primary N) is 1. The van der Waals surface area contributed by atoms with Crippen molar-refractivity contribution >= 4 is 17.6 Å². The molecule has 2 rings (SSSR count). The summed E-state index contributed by atoms with van der Waals surface area (Å²) in [5, 5.41) is 12.7. The monoisotopic (exact) mass is 291 g/mol. The molecule has 1 fully saturated rings. The van der Waals surface area contributed by atoms with Crippen LogP contribution < -0.4 is 11.1 Å². The van der Waals surface area contributed by atoms with Gasteiger partial charge in [-0.15, -0.1) is 0 Å². The Hall–Kier alpha value is -2.11. The van der Waals surface area contributed by atoms with E-state index in [-0.39, 0.29) is 5.56 Å². The van der Waals surface area contributed by atoms with E-state index < -0.39 is 17.4 Å². The van der Waals surface area contributed by atoms with Crippen LogP contribution in [0.2, 0.25) is 0 Å². The van der Waals surface area contributed by atoms with Crippen molar-refractivity contribution in [3.63, 3.8) is 0 Å². The second-order valence-corrected chi connectivity index (χ2v) is 5.71. The summed E-state index contributed by atoms with van der Waals surface area (Å²) in [4.78, 5) is 27.6.